The predicted octanol–water partition coefficient (Wildman–Crippen LogP) is 3.05. The maximum Gasteiger partial charge on any atom is 0.230 e. The van der Waals surface area contributed by atoms with Crippen molar-refractivity contribution in [2.45, 2.75) is 58.0 Å². The minimum atomic E-state index is -0.0147. The lowest BCUT2D eigenvalue weighted by atomic mass is 9.85. The van der Waals surface area contributed by atoms with Gasteiger partial charge in [0.25, 0.3) is 0 Å². The Balaban J connectivity index is 2.01. The van der Waals surface area contributed by atoms with Gasteiger partial charge in [0.15, 0.2) is 0 Å². The van der Waals surface area contributed by atoms with E-state index in [4.69, 9.17) is 9.26 Å². The molecule has 0 amide bonds. The van der Waals surface area contributed by atoms with Gasteiger partial charge in [0.05, 0.1) is 0 Å². The van der Waals surface area contributed by atoms with Crippen molar-refractivity contribution in [2.75, 3.05) is 20.2 Å². The van der Waals surface area contributed by atoms with Crippen LogP contribution in [0.15, 0.2) is 4.52 Å². The minimum absolute atomic E-state index is 0.0147. The molecule has 114 valence electrons. The lowest BCUT2D eigenvalue weighted by Crippen LogP contribution is -2.20. The van der Waals surface area contributed by atoms with Crippen LogP contribution in [-0.4, -0.2) is 30.3 Å². The molecule has 1 heterocycles. The minimum Gasteiger partial charge on any atom is -0.373 e. The van der Waals surface area contributed by atoms with E-state index < -0.39 is 0 Å². The monoisotopic (exact) mass is 281 g/mol. The fraction of sp³-hybridized carbons (Fsp3) is 0.867. The summed E-state index contributed by atoms with van der Waals surface area (Å²) in [6, 6.07) is 0. The van der Waals surface area contributed by atoms with Crippen LogP contribution < -0.4 is 5.32 Å². The second-order valence-corrected chi connectivity index (χ2v) is 5.75. The van der Waals surface area contributed by atoms with Crippen LogP contribution in [0.25, 0.3) is 0 Å². The fourth-order valence-corrected chi connectivity index (χ4v) is 2.96. The van der Waals surface area contributed by atoms with Gasteiger partial charge in [-0.2, -0.15) is 4.98 Å². The lowest BCUT2D eigenvalue weighted by Gasteiger charge is -2.26. The molecular weight excluding hydrogens is 254 g/mol. The van der Waals surface area contributed by atoms with E-state index in [2.05, 4.69) is 29.3 Å². The summed E-state index contributed by atoms with van der Waals surface area (Å²) in [6.45, 7) is 6.01. The van der Waals surface area contributed by atoms with E-state index in [9.17, 15) is 0 Å². The van der Waals surface area contributed by atoms with Crippen LogP contribution in [0.1, 0.15) is 69.7 Å². The van der Waals surface area contributed by atoms with E-state index in [0.29, 0.717) is 11.8 Å². The second-order valence-electron chi connectivity index (χ2n) is 5.75. The molecule has 1 N–H and O–H groups in total. The van der Waals surface area contributed by atoms with E-state index in [0.717, 1.165) is 18.9 Å². The number of likely N-dealkylation sites (N-methyl/N-ethyl adjacent to an activating group) is 1. The van der Waals surface area contributed by atoms with Gasteiger partial charge in [0.2, 0.25) is 11.7 Å². The fourth-order valence-electron chi connectivity index (χ4n) is 2.96. The highest BCUT2D eigenvalue weighted by Gasteiger charge is 2.29. The third kappa shape index (κ3) is 3.79. The molecule has 0 radical (unpaired) electrons. The Bertz CT molecular complexity index is 388. The van der Waals surface area contributed by atoms with Crippen LogP contribution in [0.2, 0.25) is 0 Å². The molecule has 0 aromatic carbocycles. The van der Waals surface area contributed by atoms with Gasteiger partial charge in [-0.1, -0.05) is 38.3 Å². The van der Waals surface area contributed by atoms with Gasteiger partial charge < -0.3 is 14.6 Å². The summed E-state index contributed by atoms with van der Waals surface area (Å²) in [7, 11) is 1.75. The SMILES string of the molecule is CCNCC(C)c1nc(C(OC)C2CCCCC2)no1. The zero-order valence-electron chi connectivity index (χ0n) is 12.9. The molecule has 2 rings (SSSR count). The lowest BCUT2D eigenvalue weighted by molar-refractivity contribution is 0.0273. The maximum atomic E-state index is 5.65. The molecule has 2 unspecified atom stereocenters. The Morgan fingerprint density at radius 1 is 1.35 bits per heavy atom. The van der Waals surface area contributed by atoms with Gasteiger partial charge in [0.1, 0.15) is 6.10 Å². The van der Waals surface area contributed by atoms with Gasteiger partial charge in [0, 0.05) is 19.6 Å². The van der Waals surface area contributed by atoms with Crippen LogP contribution >= 0.6 is 0 Å². The molecule has 1 aliphatic rings. The molecule has 5 nitrogen and oxygen atoms in total. The van der Waals surface area contributed by atoms with Crippen LogP contribution in [0, 0.1) is 5.92 Å². The molecule has 1 aliphatic carbocycles. The Kier molecular flexibility index (Phi) is 5.98. The van der Waals surface area contributed by atoms with Crippen molar-refractivity contribution in [3.8, 4) is 0 Å². The third-order valence-corrected chi connectivity index (χ3v) is 4.17. The molecule has 0 aliphatic heterocycles. The summed E-state index contributed by atoms with van der Waals surface area (Å²) < 4.78 is 11.1. The summed E-state index contributed by atoms with van der Waals surface area (Å²) >= 11 is 0. The Labute approximate surface area is 121 Å². The molecule has 0 bridgehead atoms. The predicted molar refractivity (Wildman–Crippen MR) is 77.6 cm³/mol. The molecule has 5 heteroatoms. The quantitative estimate of drug-likeness (QED) is 0.832. The Hall–Kier alpha value is -0.940. The molecular formula is C15H27N3O2. The standard InChI is InChI=1S/C15H27N3O2/c1-4-16-10-11(2)15-17-14(18-20-15)13(19-3)12-8-6-5-7-9-12/h11-13,16H,4-10H2,1-3H3. The topological polar surface area (TPSA) is 60.2 Å². The summed E-state index contributed by atoms with van der Waals surface area (Å²) in [5.74, 6) is 2.19. The van der Waals surface area contributed by atoms with Crippen molar-refractivity contribution in [3.05, 3.63) is 11.7 Å². The van der Waals surface area contributed by atoms with E-state index >= 15 is 0 Å². The first-order valence-corrected chi connectivity index (χ1v) is 7.83. The summed E-state index contributed by atoms with van der Waals surface area (Å²) in [5, 5.41) is 7.46. The molecule has 1 fully saturated rings. The van der Waals surface area contributed by atoms with Crippen molar-refractivity contribution in [1.82, 2.24) is 15.5 Å². The van der Waals surface area contributed by atoms with Gasteiger partial charge in [-0.25, -0.2) is 0 Å². The highest BCUT2D eigenvalue weighted by Crippen LogP contribution is 2.35. The van der Waals surface area contributed by atoms with E-state index in [1.807, 2.05) is 0 Å². The number of hydrogen-bond donors (Lipinski definition) is 1. The first-order valence-electron chi connectivity index (χ1n) is 7.83. The normalized spacial score (nSPS) is 19.9. The van der Waals surface area contributed by atoms with Gasteiger partial charge in [-0.15, -0.1) is 0 Å². The molecule has 0 spiro atoms. The van der Waals surface area contributed by atoms with E-state index in [-0.39, 0.29) is 12.0 Å². The number of aromatic nitrogens is 2. The van der Waals surface area contributed by atoms with Crippen LogP contribution in [-0.2, 0) is 4.74 Å². The van der Waals surface area contributed by atoms with Crippen molar-refractivity contribution < 1.29 is 9.26 Å². The van der Waals surface area contributed by atoms with Gasteiger partial charge in [-0.3, -0.25) is 0 Å². The molecule has 20 heavy (non-hydrogen) atoms. The Morgan fingerprint density at radius 2 is 2.10 bits per heavy atom. The molecule has 1 saturated carbocycles. The highest BCUT2D eigenvalue weighted by atomic mass is 16.5. The summed E-state index contributed by atoms with van der Waals surface area (Å²) in [6.07, 6.45) is 6.30. The first kappa shape index (κ1) is 15.4. The zero-order valence-corrected chi connectivity index (χ0v) is 12.9. The summed E-state index contributed by atoms with van der Waals surface area (Å²) in [5.41, 5.74) is 0. The van der Waals surface area contributed by atoms with Crippen molar-refractivity contribution >= 4 is 0 Å². The van der Waals surface area contributed by atoms with Crippen LogP contribution in [0.5, 0.6) is 0 Å². The molecule has 0 saturated heterocycles. The van der Waals surface area contributed by atoms with Crippen LogP contribution in [0.4, 0.5) is 0 Å². The number of hydrogen-bond acceptors (Lipinski definition) is 5. The first-order chi connectivity index (χ1) is 9.76. The average Bonchev–Trinajstić information content (AvgIpc) is 2.96. The zero-order chi connectivity index (χ0) is 14.4. The van der Waals surface area contributed by atoms with Crippen molar-refractivity contribution in [3.63, 3.8) is 0 Å². The van der Waals surface area contributed by atoms with E-state index in [1.165, 1.54) is 32.1 Å². The second kappa shape index (κ2) is 7.74. The third-order valence-electron chi connectivity index (χ3n) is 4.17. The number of nitrogens with zero attached hydrogens (tertiary/aromatic N) is 2. The summed E-state index contributed by atoms with van der Waals surface area (Å²) in [4.78, 5) is 4.57. The largest absolute Gasteiger partial charge is 0.373 e. The van der Waals surface area contributed by atoms with Crippen LogP contribution in [0.3, 0.4) is 0 Å². The number of methoxy groups -OCH3 is 1. The van der Waals surface area contributed by atoms with Crippen molar-refractivity contribution in [1.29, 1.82) is 0 Å². The molecule has 1 aromatic heterocycles. The van der Waals surface area contributed by atoms with Gasteiger partial charge in [-0.05, 0) is 25.3 Å². The van der Waals surface area contributed by atoms with Crippen molar-refractivity contribution in [2.24, 2.45) is 5.92 Å². The van der Waals surface area contributed by atoms with E-state index in [1.54, 1.807) is 7.11 Å². The number of rotatable bonds is 7. The van der Waals surface area contributed by atoms with Gasteiger partial charge >= 0.3 is 0 Å². The average molecular weight is 281 g/mol. The number of nitrogens with one attached hydrogen (secondary N) is 1. The molecule has 1 aromatic rings. The highest BCUT2D eigenvalue weighted by molar-refractivity contribution is 4.98. The number of ether oxygens (including phenoxy) is 1. The Morgan fingerprint density at radius 3 is 2.75 bits per heavy atom. The maximum absolute atomic E-state index is 5.65. The smallest absolute Gasteiger partial charge is 0.230 e. The molecule has 2 atom stereocenters.